The zero-order chi connectivity index (χ0) is 12.1. The van der Waals surface area contributed by atoms with Crippen LogP contribution in [-0.2, 0) is 0 Å². The lowest BCUT2D eigenvalue weighted by Gasteiger charge is -2.08. The van der Waals surface area contributed by atoms with E-state index in [0.29, 0.717) is 0 Å². The molecule has 0 fully saturated rings. The summed E-state index contributed by atoms with van der Waals surface area (Å²) < 4.78 is 5.79. The molecule has 0 saturated heterocycles. The third-order valence-corrected chi connectivity index (χ3v) is 3.17. The van der Waals surface area contributed by atoms with E-state index < -0.39 is 0 Å². The third kappa shape index (κ3) is 3.19. The fraction of sp³-hybridized carbons (Fsp3) is 0.357. The van der Waals surface area contributed by atoms with E-state index in [1.54, 1.807) is 0 Å². The molecule has 0 spiro atoms. The molecule has 1 heterocycles. The molecule has 1 aromatic heterocycles. The highest BCUT2D eigenvalue weighted by atomic mass is 79.9. The molecule has 0 N–H and O–H groups in total. The zero-order valence-corrected chi connectivity index (χ0v) is 11.5. The van der Waals surface area contributed by atoms with Crippen molar-refractivity contribution in [2.24, 2.45) is 0 Å². The second kappa shape index (κ2) is 6.01. The average Bonchev–Trinajstić information content (AvgIpc) is 2.35. The molecule has 1 aromatic carbocycles. The molecule has 2 rings (SSSR count). The van der Waals surface area contributed by atoms with Crippen molar-refractivity contribution in [2.45, 2.75) is 19.8 Å². The number of nitrogens with zero attached hydrogens (tertiary/aromatic N) is 1. The first-order valence-electron chi connectivity index (χ1n) is 5.86. The molecule has 0 radical (unpaired) electrons. The van der Waals surface area contributed by atoms with Crippen LogP contribution in [0, 0.1) is 6.92 Å². The first-order valence-corrected chi connectivity index (χ1v) is 6.98. The smallest absolute Gasteiger partial charge is 0.145 e. The molecule has 17 heavy (non-hydrogen) atoms. The lowest BCUT2D eigenvalue weighted by molar-refractivity contribution is 0.313. The lowest BCUT2D eigenvalue weighted by atomic mass is 10.2. The van der Waals surface area contributed by atoms with Crippen LogP contribution in [0.2, 0.25) is 0 Å². The van der Waals surface area contributed by atoms with E-state index in [9.17, 15) is 0 Å². The molecule has 0 amide bonds. The van der Waals surface area contributed by atoms with Crippen molar-refractivity contribution in [3.63, 3.8) is 0 Å². The van der Waals surface area contributed by atoms with E-state index in [1.165, 1.54) is 0 Å². The molecule has 0 bridgehead atoms. The summed E-state index contributed by atoms with van der Waals surface area (Å²) >= 11 is 3.42. The summed E-state index contributed by atoms with van der Waals surface area (Å²) in [7, 11) is 0. The molecule has 90 valence electrons. The molecule has 3 heteroatoms. The Bertz CT molecular complexity index is 499. The van der Waals surface area contributed by atoms with Gasteiger partial charge in [0.1, 0.15) is 11.3 Å². The van der Waals surface area contributed by atoms with E-state index >= 15 is 0 Å². The highest BCUT2D eigenvalue weighted by Crippen LogP contribution is 2.24. The number of aryl methyl sites for hydroxylation is 1. The predicted octanol–water partition coefficient (Wildman–Crippen LogP) is 4.10. The SMILES string of the molecule is Cc1ccc2cccc(OCCCCBr)c2n1. The lowest BCUT2D eigenvalue weighted by Crippen LogP contribution is -1.99. The van der Waals surface area contributed by atoms with Crippen molar-refractivity contribution in [1.82, 2.24) is 4.98 Å². The Morgan fingerprint density at radius 3 is 2.88 bits per heavy atom. The fourth-order valence-electron chi connectivity index (χ4n) is 1.71. The number of pyridine rings is 1. The first kappa shape index (κ1) is 12.4. The largest absolute Gasteiger partial charge is 0.491 e. The van der Waals surface area contributed by atoms with Gasteiger partial charge in [-0.05, 0) is 31.9 Å². The van der Waals surface area contributed by atoms with E-state index in [4.69, 9.17) is 4.74 Å². The average molecular weight is 294 g/mol. The highest BCUT2D eigenvalue weighted by molar-refractivity contribution is 9.09. The Kier molecular flexibility index (Phi) is 4.37. The number of para-hydroxylation sites is 1. The second-order valence-corrected chi connectivity index (χ2v) is 4.82. The first-order chi connectivity index (χ1) is 8.31. The van der Waals surface area contributed by atoms with Crippen molar-refractivity contribution in [3.8, 4) is 5.75 Å². The van der Waals surface area contributed by atoms with Crippen molar-refractivity contribution in [3.05, 3.63) is 36.0 Å². The van der Waals surface area contributed by atoms with Crippen LogP contribution in [0.4, 0.5) is 0 Å². The standard InChI is InChI=1S/C14H16BrNO/c1-11-7-8-12-5-4-6-13(14(12)16-11)17-10-3-2-9-15/h4-8H,2-3,9-10H2,1H3. The monoisotopic (exact) mass is 293 g/mol. The number of fused-ring (bicyclic) bond motifs is 1. The van der Waals surface area contributed by atoms with Gasteiger partial charge in [0, 0.05) is 16.4 Å². The van der Waals surface area contributed by atoms with Crippen molar-refractivity contribution < 1.29 is 4.74 Å². The third-order valence-electron chi connectivity index (χ3n) is 2.61. The van der Waals surface area contributed by atoms with Crippen LogP contribution in [0.25, 0.3) is 10.9 Å². The number of aromatic nitrogens is 1. The van der Waals surface area contributed by atoms with Gasteiger partial charge in [0.05, 0.1) is 6.61 Å². The molecule has 0 aliphatic heterocycles. The molecular weight excluding hydrogens is 278 g/mol. The molecule has 0 saturated carbocycles. The summed E-state index contributed by atoms with van der Waals surface area (Å²) in [6, 6.07) is 10.2. The van der Waals surface area contributed by atoms with Crippen LogP contribution < -0.4 is 4.74 Å². The van der Waals surface area contributed by atoms with E-state index in [0.717, 1.165) is 47.1 Å². The maximum Gasteiger partial charge on any atom is 0.145 e. The van der Waals surface area contributed by atoms with Crippen molar-refractivity contribution >= 4 is 26.8 Å². The normalized spacial score (nSPS) is 10.7. The highest BCUT2D eigenvalue weighted by Gasteiger charge is 2.03. The van der Waals surface area contributed by atoms with E-state index in [2.05, 4.69) is 33.0 Å². The van der Waals surface area contributed by atoms with Gasteiger partial charge < -0.3 is 4.74 Å². The molecule has 0 unspecified atom stereocenters. The number of benzene rings is 1. The van der Waals surface area contributed by atoms with Crippen LogP contribution in [0.15, 0.2) is 30.3 Å². The fourth-order valence-corrected chi connectivity index (χ4v) is 2.11. The molecule has 2 aromatic rings. The Balaban J connectivity index is 2.18. The van der Waals surface area contributed by atoms with Crippen LogP contribution in [-0.4, -0.2) is 16.9 Å². The summed E-state index contributed by atoms with van der Waals surface area (Å²) in [5.74, 6) is 0.890. The number of unbranched alkanes of at least 4 members (excludes halogenated alkanes) is 1. The number of hydrogen-bond acceptors (Lipinski definition) is 2. The summed E-state index contributed by atoms with van der Waals surface area (Å²) in [4.78, 5) is 4.54. The maximum atomic E-state index is 5.79. The summed E-state index contributed by atoms with van der Waals surface area (Å²) in [5, 5.41) is 2.16. The van der Waals surface area contributed by atoms with Gasteiger partial charge in [-0.2, -0.15) is 0 Å². The van der Waals surface area contributed by atoms with E-state index in [-0.39, 0.29) is 0 Å². The number of alkyl halides is 1. The number of rotatable bonds is 5. The number of ether oxygens (including phenoxy) is 1. The van der Waals surface area contributed by atoms with Crippen LogP contribution in [0.1, 0.15) is 18.5 Å². The van der Waals surface area contributed by atoms with Gasteiger partial charge in [0.15, 0.2) is 0 Å². The summed E-state index contributed by atoms with van der Waals surface area (Å²) in [6.45, 7) is 2.75. The van der Waals surface area contributed by atoms with Gasteiger partial charge in [-0.3, -0.25) is 0 Å². The molecule has 0 aliphatic carbocycles. The Morgan fingerprint density at radius 2 is 2.06 bits per heavy atom. The van der Waals surface area contributed by atoms with Gasteiger partial charge in [0.25, 0.3) is 0 Å². The minimum absolute atomic E-state index is 0.750. The summed E-state index contributed by atoms with van der Waals surface area (Å²) in [5.41, 5.74) is 1.99. The molecule has 0 aliphatic rings. The predicted molar refractivity (Wildman–Crippen MR) is 75.0 cm³/mol. The van der Waals surface area contributed by atoms with Crippen LogP contribution >= 0.6 is 15.9 Å². The number of halogens is 1. The quantitative estimate of drug-likeness (QED) is 0.612. The van der Waals surface area contributed by atoms with Gasteiger partial charge in [0.2, 0.25) is 0 Å². The maximum absolute atomic E-state index is 5.79. The van der Waals surface area contributed by atoms with Crippen LogP contribution in [0.5, 0.6) is 5.75 Å². The summed E-state index contributed by atoms with van der Waals surface area (Å²) in [6.07, 6.45) is 2.20. The van der Waals surface area contributed by atoms with Crippen molar-refractivity contribution in [2.75, 3.05) is 11.9 Å². The van der Waals surface area contributed by atoms with Gasteiger partial charge in [-0.15, -0.1) is 0 Å². The Hall–Kier alpha value is -1.09. The zero-order valence-electron chi connectivity index (χ0n) is 9.95. The molecular formula is C14H16BrNO. The minimum Gasteiger partial charge on any atom is -0.491 e. The number of hydrogen-bond donors (Lipinski definition) is 0. The van der Waals surface area contributed by atoms with Gasteiger partial charge >= 0.3 is 0 Å². The van der Waals surface area contributed by atoms with Crippen molar-refractivity contribution in [1.29, 1.82) is 0 Å². The Labute approximate surface area is 110 Å². The second-order valence-electron chi connectivity index (χ2n) is 4.03. The molecule has 0 atom stereocenters. The van der Waals surface area contributed by atoms with Crippen LogP contribution in [0.3, 0.4) is 0 Å². The molecule has 2 nitrogen and oxygen atoms in total. The van der Waals surface area contributed by atoms with Gasteiger partial charge in [-0.1, -0.05) is 34.1 Å². The van der Waals surface area contributed by atoms with E-state index in [1.807, 2.05) is 25.1 Å². The Morgan fingerprint density at radius 1 is 1.18 bits per heavy atom. The van der Waals surface area contributed by atoms with Gasteiger partial charge in [-0.25, -0.2) is 4.98 Å². The minimum atomic E-state index is 0.750. The topological polar surface area (TPSA) is 22.1 Å².